The van der Waals surface area contributed by atoms with Crippen molar-refractivity contribution < 1.29 is 23.5 Å². The van der Waals surface area contributed by atoms with Crippen molar-refractivity contribution in [1.29, 1.82) is 0 Å². The van der Waals surface area contributed by atoms with Crippen LogP contribution in [0.1, 0.15) is 25.7 Å². The zero-order valence-electron chi connectivity index (χ0n) is 12.5. The first-order chi connectivity index (χ1) is 10.5. The summed E-state index contributed by atoms with van der Waals surface area (Å²) in [6.45, 7) is 1.37. The van der Waals surface area contributed by atoms with Crippen LogP contribution in [-0.2, 0) is 9.59 Å². The van der Waals surface area contributed by atoms with Gasteiger partial charge in [-0.3, -0.25) is 9.69 Å². The summed E-state index contributed by atoms with van der Waals surface area (Å²) >= 11 is 0. The van der Waals surface area contributed by atoms with Crippen LogP contribution in [0.3, 0.4) is 0 Å². The summed E-state index contributed by atoms with van der Waals surface area (Å²) in [5, 5.41) is 9.16. The molecule has 0 saturated carbocycles. The first-order valence-electron chi connectivity index (χ1n) is 7.67. The van der Waals surface area contributed by atoms with Crippen LogP contribution in [-0.4, -0.2) is 65.4 Å². The van der Waals surface area contributed by atoms with Crippen LogP contribution in [0.5, 0.6) is 0 Å². The Balaban J connectivity index is 1.82. The molecule has 0 aromatic heterocycles. The second-order valence-electron chi connectivity index (χ2n) is 5.93. The highest BCUT2D eigenvalue weighted by molar-refractivity contribution is 5.85. The van der Waals surface area contributed by atoms with E-state index in [9.17, 15) is 18.4 Å². The number of aliphatic carboxylic acids is 1. The molecule has 22 heavy (non-hydrogen) atoms. The lowest BCUT2D eigenvalue weighted by molar-refractivity contribution is -0.149. The maximum atomic E-state index is 12.3. The lowest BCUT2D eigenvalue weighted by Crippen LogP contribution is -2.47. The fraction of sp³-hybridized carbons (Fsp3) is 0.733. The van der Waals surface area contributed by atoms with Gasteiger partial charge in [-0.2, -0.15) is 0 Å². The standard InChI is InChI=1S/C15H22F2N2O3/c16-13(17)10-18-7-4-11(5-8-18)9-14(20)19-6-2-1-3-12(19)15(21)22/h1,3,11-13H,2,4-10H2,(H,21,22). The van der Waals surface area contributed by atoms with Gasteiger partial charge in [0.2, 0.25) is 5.91 Å². The lowest BCUT2D eigenvalue weighted by atomic mass is 9.92. The highest BCUT2D eigenvalue weighted by Crippen LogP contribution is 2.23. The first-order valence-corrected chi connectivity index (χ1v) is 7.67. The van der Waals surface area contributed by atoms with E-state index in [1.54, 1.807) is 17.1 Å². The molecule has 1 fully saturated rings. The molecule has 0 aromatic rings. The summed E-state index contributed by atoms with van der Waals surface area (Å²) in [6, 6.07) is -0.875. The van der Waals surface area contributed by atoms with E-state index in [-0.39, 0.29) is 18.4 Å². The van der Waals surface area contributed by atoms with Gasteiger partial charge in [-0.25, -0.2) is 13.6 Å². The predicted molar refractivity (Wildman–Crippen MR) is 76.7 cm³/mol. The molecule has 0 radical (unpaired) electrons. The highest BCUT2D eigenvalue weighted by atomic mass is 19.3. The molecule has 0 aliphatic carbocycles. The Morgan fingerprint density at radius 2 is 1.91 bits per heavy atom. The smallest absolute Gasteiger partial charge is 0.330 e. The van der Waals surface area contributed by atoms with Crippen molar-refractivity contribution in [3.63, 3.8) is 0 Å². The Morgan fingerprint density at radius 3 is 2.50 bits per heavy atom. The van der Waals surface area contributed by atoms with Gasteiger partial charge in [0.15, 0.2) is 0 Å². The zero-order chi connectivity index (χ0) is 16.1. The summed E-state index contributed by atoms with van der Waals surface area (Å²) in [4.78, 5) is 26.6. The second-order valence-corrected chi connectivity index (χ2v) is 5.93. The van der Waals surface area contributed by atoms with E-state index in [1.165, 1.54) is 4.90 Å². The molecular formula is C15H22F2N2O3. The number of piperidine rings is 1. The van der Waals surface area contributed by atoms with Gasteiger partial charge >= 0.3 is 5.97 Å². The summed E-state index contributed by atoms with van der Waals surface area (Å²) in [5.74, 6) is -1.01. The fourth-order valence-electron chi connectivity index (χ4n) is 3.11. The number of halogens is 2. The van der Waals surface area contributed by atoms with E-state index in [0.717, 1.165) is 0 Å². The molecule has 0 spiro atoms. The molecule has 2 rings (SSSR count). The van der Waals surface area contributed by atoms with E-state index in [4.69, 9.17) is 5.11 Å². The SMILES string of the molecule is O=C(O)C1C=CCCN1C(=O)CC1CCN(CC(F)F)CC1. The number of carboxylic acid groups (broad SMARTS) is 1. The molecule has 2 aliphatic rings. The van der Waals surface area contributed by atoms with Gasteiger partial charge in [-0.15, -0.1) is 0 Å². The molecule has 2 aliphatic heterocycles. The Bertz CT molecular complexity index is 435. The van der Waals surface area contributed by atoms with Crippen LogP contribution < -0.4 is 0 Å². The minimum Gasteiger partial charge on any atom is -0.479 e. The normalized spacial score (nSPS) is 24.0. The van der Waals surface area contributed by atoms with Crippen molar-refractivity contribution in [1.82, 2.24) is 9.80 Å². The first kappa shape index (κ1) is 16.9. The molecule has 1 N–H and O–H groups in total. The van der Waals surface area contributed by atoms with E-state index in [1.807, 2.05) is 0 Å². The summed E-state index contributed by atoms with van der Waals surface area (Å²) < 4.78 is 24.6. The van der Waals surface area contributed by atoms with Gasteiger partial charge in [-0.1, -0.05) is 12.2 Å². The van der Waals surface area contributed by atoms with Crippen molar-refractivity contribution in [3.05, 3.63) is 12.2 Å². The number of carboxylic acids is 1. The highest BCUT2D eigenvalue weighted by Gasteiger charge is 2.31. The van der Waals surface area contributed by atoms with Gasteiger partial charge < -0.3 is 10.0 Å². The number of nitrogens with zero attached hydrogens (tertiary/aromatic N) is 2. The molecule has 1 amide bonds. The van der Waals surface area contributed by atoms with Gasteiger partial charge in [0.05, 0.1) is 6.54 Å². The molecule has 0 aromatic carbocycles. The quantitative estimate of drug-likeness (QED) is 0.783. The number of hydrogen-bond donors (Lipinski definition) is 1. The largest absolute Gasteiger partial charge is 0.479 e. The van der Waals surface area contributed by atoms with Crippen molar-refractivity contribution in [2.75, 3.05) is 26.2 Å². The van der Waals surface area contributed by atoms with Crippen LogP contribution in [0.2, 0.25) is 0 Å². The minimum atomic E-state index is -2.32. The molecule has 0 bridgehead atoms. The average Bonchev–Trinajstić information content (AvgIpc) is 2.48. The zero-order valence-corrected chi connectivity index (χ0v) is 12.5. The number of likely N-dealkylation sites (tertiary alicyclic amines) is 1. The van der Waals surface area contributed by atoms with E-state index < -0.39 is 18.4 Å². The van der Waals surface area contributed by atoms with Gasteiger partial charge in [0.1, 0.15) is 6.04 Å². The Kier molecular flexibility index (Phi) is 5.88. The number of carbonyl (C=O) groups is 2. The van der Waals surface area contributed by atoms with Crippen molar-refractivity contribution >= 4 is 11.9 Å². The molecule has 124 valence electrons. The summed E-state index contributed by atoms with van der Waals surface area (Å²) in [6.07, 6.45) is 3.40. The maximum absolute atomic E-state index is 12.3. The minimum absolute atomic E-state index is 0.149. The number of rotatable bonds is 5. The summed E-state index contributed by atoms with van der Waals surface area (Å²) in [5.41, 5.74) is 0. The topological polar surface area (TPSA) is 60.9 Å². The molecule has 7 heteroatoms. The van der Waals surface area contributed by atoms with Crippen LogP contribution >= 0.6 is 0 Å². The monoisotopic (exact) mass is 316 g/mol. The lowest BCUT2D eigenvalue weighted by Gasteiger charge is -2.34. The van der Waals surface area contributed by atoms with Crippen molar-refractivity contribution in [3.8, 4) is 0 Å². The predicted octanol–water partition coefficient (Wildman–Crippen LogP) is 1.60. The molecule has 1 atom stereocenters. The number of alkyl halides is 2. The van der Waals surface area contributed by atoms with Crippen LogP contribution in [0, 0.1) is 5.92 Å². The Morgan fingerprint density at radius 1 is 1.23 bits per heavy atom. The van der Waals surface area contributed by atoms with E-state index >= 15 is 0 Å². The maximum Gasteiger partial charge on any atom is 0.330 e. The van der Waals surface area contributed by atoms with E-state index in [2.05, 4.69) is 0 Å². The van der Waals surface area contributed by atoms with E-state index in [0.29, 0.717) is 45.3 Å². The number of hydrogen-bond acceptors (Lipinski definition) is 3. The van der Waals surface area contributed by atoms with Crippen LogP contribution in [0.4, 0.5) is 8.78 Å². The Hall–Kier alpha value is -1.50. The number of carbonyl (C=O) groups excluding carboxylic acids is 1. The van der Waals surface area contributed by atoms with Gasteiger partial charge in [0.25, 0.3) is 6.43 Å². The molecule has 1 saturated heterocycles. The van der Waals surface area contributed by atoms with Crippen LogP contribution in [0.25, 0.3) is 0 Å². The third kappa shape index (κ3) is 4.50. The van der Waals surface area contributed by atoms with Crippen LogP contribution in [0.15, 0.2) is 12.2 Å². The second kappa shape index (κ2) is 7.67. The Labute approximate surface area is 128 Å². The molecule has 2 heterocycles. The summed E-state index contributed by atoms with van der Waals surface area (Å²) in [7, 11) is 0. The number of amides is 1. The fourth-order valence-corrected chi connectivity index (χ4v) is 3.11. The molecular weight excluding hydrogens is 294 g/mol. The molecule has 5 nitrogen and oxygen atoms in total. The van der Waals surface area contributed by atoms with Gasteiger partial charge in [0, 0.05) is 13.0 Å². The molecule has 1 unspecified atom stereocenters. The third-order valence-corrected chi connectivity index (χ3v) is 4.33. The van der Waals surface area contributed by atoms with Gasteiger partial charge in [-0.05, 0) is 38.3 Å². The average molecular weight is 316 g/mol. The van der Waals surface area contributed by atoms with Crippen molar-refractivity contribution in [2.45, 2.75) is 38.2 Å². The van der Waals surface area contributed by atoms with Crippen molar-refractivity contribution in [2.24, 2.45) is 5.92 Å². The third-order valence-electron chi connectivity index (χ3n) is 4.33.